The Morgan fingerprint density at radius 2 is 1.13 bits per heavy atom. The molecule has 0 amide bonds. The first-order valence-corrected chi connectivity index (χ1v) is 7.57. The highest BCUT2D eigenvalue weighted by Gasteiger charge is 2.09. The summed E-state index contributed by atoms with van der Waals surface area (Å²) in [6.07, 6.45) is 1.69. The molecule has 0 aliphatic rings. The van der Waals surface area contributed by atoms with Crippen LogP contribution in [0.1, 0.15) is 0 Å². The van der Waals surface area contributed by atoms with E-state index in [1.807, 2.05) is 48.5 Å². The van der Waals surface area contributed by atoms with Gasteiger partial charge in [0, 0.05) is 16.7 Å². The number of rotatable bonds is 3. The van der Waals surface area contributed by atoms with Gasteiger partial charge in [-0.2, -0.15) is 0 Å². The molecular weight excluding hydrogens is 282 g/mol. The second-order valence-electron chi connectivity index (χ2n) is 5.34. The van der Waals surface area contributed by atoms with Gasteiger partial charge in [0.2, 0.25) is 0 Å². The van der Waals surface area contributed by atoms with E-state index in [0.717, 1.165) is 33.8 Å². The van der Waals surface area contributed by atoms with Crippen molar-refractivity contribution in [3.05, 3.63) is 91.2 Å². The van der Waals surface area contributed by atoms with Gasteiger partial charge in [-0.3, -0.25) is 0 Å². The van der Waals surface area contributed by atoms with Gasteiger partial charge < -0.3 is 4.42 Å². The van der Waals surface area contributed by atoms with Gasteiger partial charge in [0.05, 0.1) is 17.7 Å². The lowest BCUT2D eigenvalue weighted by atomic mass is 10.0. The predicted molar refractivity (Wildman–Crippen MR) is 92.8 cm³/mol. The highest BCUT2D eigenvalue weighted by atomic mass is 16.3. The monoisotopic (exact) mass is 297 g/mol. The lowest BCUT2D eigenvalue weighted by molar-refractivity contribution is 0.582. The van der Waals surface area contributed by atoms with Crippen LogP contribution in [0.15, 0.2) is 95.6 Å². The van der Waals surface area contributed by atoms with Gasteiger partial charge in [0.15, 0.2) is 0 Å². The van der Waals surface area contributed by atoms with Crippen LogP contribution in [0, 0.1) is 0 Å². The van der Waals surface area contributed by atoms with Crippen molar-refractivity contribution in [3.63, 3.8) is 0 Å². The third-order valence-electron chi connectivity index (χ3n) is 3.77. The van der Waals surface area contributed by atoms with E-state index in [4.69, 9.17) is 9.40 Å². The van der Waals surface area contributed by atoms with E-state index in [2.05, 4.69) is 36.4 Å². The molecule has 2 heterocycles. The van der Waals surface area contributed by atoms with Crippen LogP contribution in [0.25, 0.3) is 33.8 Å². The van der Waals surface area contributed by atoms with E-state index in [0.29, 0.717) is 0 Å². The van der Waals surface area contributed by atoms with Gasteiger partial charge in [-0.25, -0.2) is 4.98 Å². The highest BCUT2D eigenvalue weighted by molar-refractivity contribution is 5.74. The number of hydrogen-bond acceptors (Lipinski definition) is 2. The summed E-state index contributed by atoms with van der Waals surface area (Å²) in [5, 5.41) is 0. The zero-order valence-corrected chi connectivity index (χ0v) is 12.5. The Labute approximate surface area is 135 Å². The zero-order valence-electron chi connectivity index (χ0n) is 12.5. The van der Waals surface area contributed by atoms with E-state index in [1.54, 1.807) is 6.26 Å². The van der Waals surface area contributed by atoms with E-state index < -0.39 is 0 Å². The number of benzene rings is 2. The summed E-state index contributed by atoms with van der Waals surface area (Å²) < 4.78 is 5.57. The van der Waals surface area contributed by atoms with Crippen molar-refractivity contribution in [1.29, 1.82) is 0 Å². The number of furan rings is 1. The van der Waals surface area contributed by atoms with Crippen LogP contribution in [0.2, 0.25) is 0 Å². The Balaban J connectivity index is 1.91. The van der Waals surface area contributed by atoms with Gasteiger partial charge in [-0.05, 0) is 24.3 Å². The predicted octanol–water partition coefficient (Wildman–Crippen LogP) is 5.68. The Morgan fingerprint density at radius 1 is 0.565 bits per heavy atom. The van der Waals surface area contributed by atoms with Crippen LogP contribution >= 0.6 is 0 Å². The van der Waals surface area contributed by atoms with Crippen molar-refractivity contribution in [2.45, 2.75) is 0 Å². The molecule has 23 heavy (non-hydrogen) atoms. The molecular formula is C21H15NO. The van der Waals surface area contributed by atoms with Gasteiger partial charge in [-0.1, -0.05) is 60.7 Å². The molecule has 0 N–H and O–H groups in total. The summed E-state index contributed by atoms with van der Waals surface area (Å²) in [6, 6.07) is 28.4. The molecule has 0 unspecified atom stereocenters. The fourth-order valence-electron chi connectivity index (χ4n) is 2.63. The molecule has 0 saturated carbocycles. The Bertz CT molecular complexity index is 840. The van der Waals surface area contributed by atoms with Crippen molar-refractivity contribution >= 4 is 0 Å². The molecule has 0 aliphatic heterocycles. The second kappa shape index (κ2) is 5.93. The SMILES string of the molecule is c1ccc(-c2cc(-c3ccco3)cc(-c3ccccc3)n2)cc1. The van der Waals surface area contributed by atoms with Crippen LogP contribution in [-0.2, 0) is 0 Å². The van der Waals surface area contributed by atoms with E-state index in [1.165, 1.54) is 0 Å². The minimum Gasteiger partial charge on any atom is -0.464 e. The first-order chi connectivity index (χ1) is 11.4. The summed E-state index contributed by atoms with van der Waals surface area (Å²) in [6.45, 7) is 0. The molecule has 0 atom stereocenters. The molecule has 2 nitrogen and oxygen atoms in total. The van der Waals surface area contributed by atoms with E-state index >= 15 is 0 Å². The molecule has 110 valence electrons. The molecule has 0 aliphatic carbocycles. The topological polar surface area (TPSA) is 26.0 Å². The van der Waals surface area contributed by atoms with Crippen molar-refractivity contribution in [2.75, 3.05) is 0 Å². The van der Waals surface area contributed by atoms with Gasteiger partial charge >= 0.3 is 0 Å². The minimum absolute atomic E-state index is 0.849. The van der Waals surface area contributed by atoms with Crippen LogP contribution < -0.4 is 0 Å². The van der Waals surface area contributed by atoms with Crippen LogP contribution in [0.4, 0.5) is 0 Å². The molecule has 2 aromatic carbocycles. The normalized spacial score (nSPS) is 10.6. The molecule has 2 aromatic heterocycles. The lowest BCUT2D eigenvalue weighted by Gasteiger charge is -2.08. The third-order valence-corrected chi connectivity index (χ3v) is 3.77. The number of aromatic nitrogens is 1. The maximum absolute atomic E-state index is 5.57. The van der Waals surface area contributed by atoms with Gasteiger partial charge in [0.25, 0.3) is 0 Å². The fourth-order valence-corrected chi connectivity index (χ4v) is 2.63. The summed E-state index contributed by atoms with van der Waals surface area (Å²) in [7, 11) is 0. The lowest BCUT2D eigenvalue weighted by Crippen LogP contribution is -1.90. The van der Waals surface area contributed by atoms with Crippen molar-refractivity contribution < 1.29 is 4.42 Å². The molecule has 4 rings (SSSR count). The van der Waals surface area contributed by atoms with Crippen LogP contribution in [0.5, 0.6) is 0 Å². The summed E-state index contributed by atoms with van der Waals surface area (Å²) in [4.78, 5) is 4.84. The number of hydrogen-bond donors (Lipinski definition) is 0. The summed E-state index contributed by atoms with van der Waals surface area (Å²) >= 11 is 0. The first kappa shape index (κ1) is 13.5. The molecule has 2 heteroatoms. The molecule has 0 spiro atoms. The van der Waals surface area contributed by atoms with Gasteiger partial charge in [-0.15, -0.1) is 0 Å². The van der Waals surface area contributed by atoms with E-state index in [9.17, 15) is 0 Å². The molecule has 0 saturated heterocycles. The van der Waals surface area contributed by atoms with Crippen molar-refractivity contribution in [3.8, 4) is 33.8 Å². The maximum atomic E-state index is 5.57. The molecule has 0 bridgehead atoms. The quantitative estimate of drug-likeness (QED) is 0.486. The zero-order chi connectivity index (χ0) is 15.5. The molecule has 4 aromatic rings. The average Bonchev–Trinajstić information content (AvgIpc) is 3.18. The summed E-state index contributed by atoms with van der Waals surface area (Å²) in [5.74, 6) is 0.849. The number of nitrogens with zero attached hydrogens (tertiary/aromatic N) is 1. The second-order valence-corrected chi connectivity index (χ2v) is 5.34. The van der Waals surface area contributed by atoms with Crippen LogP contribution in [-0.4, -0.2) is 4.98 Å². The fraction of sp³-hybridized carbons (Fsp3) is 0. The minimum atomic E-state index is 0.849. The standard InChI is InChI=1S/C21H15NO/c1-3-8-16(9-4-1)19-14-18(21-12-7-13-23-21)15-20(22-19)17-10-5-2-6-11-17/h1-15H. The van der Waals surface area contributed by atoms with Crippen LogP contribution in [0.3, 0.4) is 0 Å². The number of pyridine rings is 1. The Morgan fingerprint density at radius 3 is 1.61 bits per heavy atom. The largest absolute Gasteiger partial charge is 0.464 e. The Hall–Kier alpha value is -3.13. The third kappa shape index (κ3) is 2.79. The smallest absolute Gasteiger partial charge is 0.134 e. The maximum Gasteiger partial charge on any atom is 0.134 e. The average molecular weight is 297 g/mol. The summed E-state index contributed by atoms with van der Waals surface area (Å²) in [5.41, 5.74) is 5.11. The first-order valence-electron chi connectivity index (χ1n) is 7.57. The molecule has 0 radical (unpaired) electrons. The van der Waals surface area contributed by atoms with Gasteiger partial charge in [0.1, 0.15) is 5.76 Å². The van der Waals surface area contributed by atoms with E-state index in [-0.39, 0.29) is 0 Å². The molecule has 0 fully saturated rings. The highest BCUT2D eigenvalue weighted by Crippen LogP contribution is 2.30. The van der Waals surface area contributed by atoms with Crippen molar-refractivity contribution in [2.24, 2.45) is 0 Å². The van der Waals surface area contributed by atoms with Crippen molar-refractivity contribution in [1.82, 2.24) is 4.98 Å². The Kier molecular flexibility index (Phi) is 3.49.